The lowest BCUT2D eigenvalue weighted by Gasteiger charge is -2.48. The number of rotatable bonds is 3. The molecule has 1 heterocycles. The zero-order valence-corrected chi connectivity index (χ0v) is 13.6. The van der Waals surface area contributed by atoms with Crippen LogP contribution in [0.15, 0.2) is 36.1 Å². The number of allylic oxidation sites excluding steroid dienone is 1. The molecule has 0 bridgehead atoms. The quantitative estimate of drug-likeness (QED) is 0.833. The maximum absolute atomic E-state index is 10.5. The van der Waals surface area contributed by atoms with Crippen molar-refractivity contribution in [3.05, 3.63) is 46.7 Å². The molecule has 2 aliphatic carbocycles. The van der Waals surface area contributed by atoms with E-state index in [1.165, 1.54) is 0 Å². The van der Waals surface area contributed by atoms with Crippen molar-refractivity contribution in [3.63, 3.8) is 0 Å². The Morgan fingerprint density at radius 2 is 1.96 bits per heavy atom. The first kappa shape index (κ1) is 15.5. The zero-order valence-electron chi connectivity index (χ0n) is 12.8. The Kier molecular flexibility index (Phi) is 3.88. The van der Waals surface area contributed by atoms with E-state index in [-0.39, 0.29) is 23.5 Å². The summed E-state index contributed by atoms with van der Waals surface area (Å²) >= 11 is 5.87. The van der Waals surface area contributed by atoms with Crippen LogP contribution in [-0.2, 0) is 15.9 Å². The van der Waals surface area contributed by atoms with Crippen LogP contribution in [0.4, 0.5) is 0 Å². The van der Waals surface area contributed by atoms with Crippen LogP contribution in [0.2, 0.25) is 5.02 Å². The second-order valence-electron chi connectivity index (χ2n) is 6.78. The molecule has 4 atom stereocenters. The Morgan fingerprint density at radius 1 is 1.26 bits per heavy atom. The van der Waals surface area contributed by atoms with Gasteiger partial charge in [-0.2, -0.15) is 0 Å². The number of halogens is 1. The second-order valence-corrected chi connectivity index (χ2v) is 7.21. The summed E-state index contributed by atoms with van der Waals surface area (Å²) in [6.07, 6.45) is 3.36. The van der Waals surface area contributed by atoms with E-state index in [1.807, 2.05) is 24.3 Å². The molecule has 1 spiro atoms. The first-order valence-corrected chi connectivity index (χ1v) is 8.56. The Hall–Kier alpha value is -1.07. The van der Waals surface area contributed by atoms with Crippen LogP contribution in [0.3, 0.4) is 0 Å². The van der Waals surface area contributed by atoms with E-state index in [2.05, 4.69) is 0 Å². The molecular weight excluding hydrogens is 316 g/mol. The number of ether oxygens (including phenoxy) is 2. The highest BCUT2D eigenvalue weighted by Crippen LogP contribution is 2.60. The summed E-state index contributed by atoms with van der Waals surface area (Å²) in [5, 5.41) is 21.6. The predicted molar refractivity (Wildman–Crippen MR) is 86.2 cm³/mol. The van der Waals surface area contributed by atoms with Crippen molar-refractivity contribution in [2.75, 3.05) is 13.2 Å². The molecular formula is C18H21ClO4. The Balaban J connectivity index is 1.43. The molecule has 1 aromatic rings. The van der Waals surface area contributed by atoms with Crippen LogP contribution < -0.4 is 0 Å². The average Bonchev–Trinajstić information content (AvgIpc) is 3.12. The topological polar surface area (TPSA) is 58.9 Å². The minimum Gasteiger partial charge on any atom is -0.512 e. The fraction of sp³-hybridized carbons (Fsp3) is 0.556. The van der Waals surface area contributed by atoms with Gasteiger partial charge in [0.15, 0.2) is 5.79 Å². The zero-order chi connectivity index (χ0) is 16.0. The van der Waals surface area contributed by atoms with Gasteiger partial charge in [0, 0.05) is 23.3 Å². The second kappa shape index (κ2) is 5.78. The van der Waals surface area contributed by atoms with Crippen LogP contribution in [0.1, 0.15) is 18.4 Å². The van der Waals surface area contributed by atoms with Crippen molar-refractivity contribution in [2.45, 2.75) is 31.2 Å². The van der Waals surface area contributed by atoms with Crippen molar-refractivity contribution in [3.8, 4) is 0 Å². The summed E-state index contributed by atoms with van der Waals surface area (Å²) in [5.74, 6) is -0.0728. The van der Waals surface area contributed by atoms with Gasteiger partial charge in [0.2, 0.25) is 0 Å². The van der Waals surface area contributed by atoms with E-state index in [0.717, 1.165) is 18.4 Å². The number of fused-ring (bicyclic) bond motifs is 2. The maximum atomic E-state index is 10.5. The van der Waals surface area contributed by atoms with E-state index < -0.39 is 11.9 Å². The summed E-state index contributed by atoms with van der Waals surface area (Å²) < 4.78 is 11.5. The average molecular weight is 337 g/mol. The molecule has 124 valence electrons. The van der Waals surface area contributed by atoms with Crippen LogP contribution >= 0.6 is 11.6 Å². The van der Waals surface area contributed by atoms with Gasteiger partial charge in [-0.3, -0.25) is 0 Å². The molecule has 4 rings (SSSR count). The van der Waals surface area contributed by atoms with Gasteiger partial charge in [0.05, 0.1) is 25.1 Å². The molecule has 3 fully saturated rings. The normalized spacial score (nSPS) is 35.3. The molecule has 1 aromatic carbocycles. The van der Waals surface area contributed by atoms with Gasteiger partial charge in [-0.1, -0.05) is 23.7 Å². The standard InChI is InChI=1S/C18H21ClO4/c19-12-4-1-11(2-5-12)3-6-16(20)13-9-15-14(17(13)21)10-18(15)22-7-8-23-18/h1-2,4-6,13-15,17,20-21H,3,7-10H2/t13-,14+,15-,17?/m0/s1. The fourth-order valence-electron chi connectivity index (χ4n) is 4.30. The van der Waals surface area contributed by atoms with E-state index >= 15 is 0 Å². The van der Waals surface area contributed by atoms with Crippen LogP contribution in [-0.4, -0.2) is 35.3 Å². The predicted octanol–water partition coefficient (Wildman–Crippen LogP) is 3.08. The van der Waals surface area contributed by atoms with Crippen molar-refractivity contribution < 1.29 is 19.7 Å². The molecule has 0 amide bonds. The van der Waals surface area contributed by atoms with Gasteiger partial charge >= 0.3 is 0 Å². The lowest BCUT2D eigenvalue weighted by molar-refractivity contribution is -0.275. The third kappa shape index (κ3) is 2.58. The number of aliphatic hydroxyl groups is 2. The molecule has 23 heavy (non-hydrogen) atoms. The third-order valence-electron chi connectivity index (χ3n) is 5.58. The first-order valence-electron chi connectivity index (χ1n) is 8.18. The maximum Gasteiger partial charge on any atom is 0.172 e. The van der Waals surface area contributed by atoms with E-state index in [0.29, 0.717) is 24.7 Å². The largest absolute Gasteiger partial charge is 0.512 e. The minimum atomic E-state index is -0.514. The van der Waals surface area contributed by atoms with Crippen molar-refractivity contribution in [1.29, 1.82) is 0 Å². The van der Waals surface area contributed by atoms with Gasteiger partial charge in [0.1, 0.15) is 0 Å². The Morgan fingerprint density at radius 3 is 2.65 bits per heavy atom. The number of hydrogen-bond donors (Lipinski definition) is 2. The molecule has 4 nitrogen and oxygen atoms in total. The smallest absolute Gasteiger partial charge is 0.172 e. The molecule has 1 unspecified atom stereocenters. The monoisotopic (exact) mass is 336 g/mol. The third-order valence-corrected chi connectivity index (χ3v) is 5.83. The van der Waals surface area contributed by atoms with Crippen LogP contribution in [0.5, 0.6) is 0 Å². The lowest BCUT2D eigenvalue weighted by Crippen LogP contribution is -2.54. The molecule has 5 heteroatoms. The van der Waals surface area contributed by atoms with E-state index in [9.17, 15) is 10.2 Å². The van der Waals surface area contributed by atoms with Gasteiger partial charge in [-0.25, -0.2) is 0 Å². The van der Waals surface area contributed by atoms with Gasteiger partial charge in [-0.15, -0.1) is 0 Å². The van der Waals surface area contributed by atoms with Crippen molar-refractivity contribution in [2.24, 2.45) is 17.8 Å². The molecule has 1 aliphatic heterocycles. The van der Waals surface area contributed by atoms with Crippen LogP contribution in [0, 0.1) is 17.8 Å². The SMILES string of the molecule is OC(=CCc1ccc(Cl)cc1)[C@@H]1C[C@H]2[C@@H](CC23OCCO3)C1O. The van der Waals surface area contributed by atoms with Crippen LogP contribution in [0.25, 0.3) is 0 Å². The summed E-state index contributed by atoms with van der Waals surface area (Å²) in [5.41, 5.74) is 1.08. The molecule has 2 N–H and O–H groups in total. The van der Waals surface area contributed by atoms with Crippen molar-refractivity contribution in [1.82, 2.24) is 0 Å². The lowest BCUT2D eigenvalue weighted by atomic mass is 9.69. The number of benzene rings is 1. The van der Waals surface area contributed by atoms with Gasteiger partial charge in [-0.05, 0) is 42.5 Å². The highest BCUT2D eigenvalue weighted by Gasteiger charge is 2.65. The molecule has 2 saturated carbocycles. The minimum absolute atomic E-state index is 0.171. The molecule has 1 saturated heterocycles. The molecule has 3 aliphatic rings. The molecule has 0 aromatic heterocycles. The molecule has 0 radical (unpaired) electrons. The first-order chi connectivity index (χ1) is 11.1. The summed E-state index contributed by atoms with van der Waals surface area (Å²) in [4.78, 5) is 0. The fourth-order valence-corrected chi connectivity index (χ4v) is 4.43. The van der Waals surface area contributed by atoms with Crippen molar-refractivity contribution >= 4 is 11.6 Å². The Labute approximate surface area is 140 Å². The number of aliphatic hydroxyl groups excluding tert-OH is 2. The summed E-state index contributed by atoms with van der Waals surface area (Å²) in [7, 11) is 0. The highest BCUT2D eigenvalue weighted by molar-refractivity contribution is 6.30. The Bertz CT molecular complexity index is 606. The van der Waals surface area contributed by atoms with Gasteiger partial charge < -0.3 is 19.7 Å². The summed E-state index contributed by atoms with van der Waals surface area (Å²) in [6.45, 7) is 1.25. The van der Waals surface area contributed by atoms with E-state index in [4.69, 9.17) is 21.1 Å². The number of hydrogen-bond acceptors (Lipinski definition) is 4. The highest BCUT2D eigenvalue weighted by atomic mass is 35.5. The summed E-state index contributed by atoms with van der Waals surface area (Å²) in [6, 6.07) is 7.56. The van der Waals surface area contributed by atoms with E-state index in [1.54, 1.807) is 6.08 Å². The van der Waals surface area contributed by atoms with Gasteiger partial charge in [0.25, 0.3) is 0 Å².